The Labute approximate surface area is 170 Å². The lowest BCUT2D eigenvalue weighted by Gasteiger charge is -2.13. The highest BCUT2D eigenvalue weighted by molar-refractivity contribution is 9.10. The Kier molecular flexibility index (Phi) is 6.99. The molecule has 7 nitrogen and oxygen atoms in total. The summed E-state index contributed by atoms with van der Waals surface area (Å²) in [5.74, 6) is -1.37. The van der Waals surface area contributed by atoms with Gasteiger partial charge in [0, 0.05) is 24.3 Å². The van der Waals surface area contributed by atoms with Crippen LogP contribution in [-0.2, 0) is 19.6 Å². The van der Waals surface area contributed by atoms with E-state index in [0.29, 0.717) is 4.47 Å². The van der Waals surface area contributed by atoms with Gasteiger partial charge in [-0.2, -0.15) is 0 Å². The number of halogens is 2. The van der Waals surface area contributed by atoms with Gasteiger partial charge < -0.3 is 10.1 Å². The molecule has 0 spiro atoms. The molecule has 1 amide bonds. The number of nitrogens with zero attached hydrogens (tertiary/aromatic N) is 1. The molecule has 0 aliphatic heterocycles. The number of amides is 1. The number of hydrogen-bond acceptors (Lipinski definition) is 5. The van der Waals surface area contributed by atoms with Gasteiger partial charge in [0.15, 0.2) is 6.61 Å². The molecule has 0 fully saturated rings. The van der Waals surface area contributed by atoms with Crippen molar-refractivity contribution in [3.8, 4) is 0 Å². The Morgan fingerprint density at radius 1 is 1.19 bits per heavy atom. The van der Waals surface area contributed by atoms with Gasteiger partial charge in [-0.3, -0.25) is 4.79 Å². The summed E-state index contributed by atoms with van der Waals surface area (Å²) < 4.78 is 30.9. The molecule has 0 aliphatic carbocycles. The number of rotatable bonds is 6. The van der Waals surface area contributed by atoms with Gasteiger partial charge in [-0.15, -0.1) is 0 Å². The monoisotopic (exact) mass is 474 g/mol. The molecule has 0 aliphatic rings. The SMILES string of the molecule is CN(C)S(=O)(=O)c1cccc(NC(=O)COC(=O)c2cc(Br)ccc2Cl)c1. The first-order chi connectivity index (χ1) is 12.6. The Bertz CT molecular complexity index is 979. The first-order valence-electron chi connectivity index (χ1n) is 7.56. The van der Waals surface area contributed by atoms with Crippen LogP contribution >= 0.6 is 27.5 Å². The van der Waals surface area contributed by atoms with Crippen molar-refractivity contribution in [3.63, 3.8) is 0 Å². The number of benzene rings is 2. The van der Waals surface area contributed by atoms with E-state index in [2.05, 4.69) is 21.2 Å². The maximum Gasteiger partial charge on any atom is 0.340 e. The Balaban J connectivity index is 2.02. The number of carbonyl (C=O) groups excluding carboxylic acids is 2. The summed E-state index contributed by atoms with van der Waals surface area (Å²) in [6.07, 6.45) is 0. The number of sulfonamides is 1. The van der Waals surface area contributed by atoms with E-state index in [4.69, 9.17) is 16.3 Å². The lowest BCUT2D eigenvalue weighted by Crippen LogP contribution is -2.23. The molecule has 0 unspecified atom stereocenters. The van der Waals surface area contributed by atoms with Crippen LogP contribution in [0.4, 0.5) is 5.69 Å². The van der Waals surface area contributed by atoms with E-state index >= 15 is 0 Å². The average molecular weight is 476 g/mol. The van der Waals surface area contributed by atoms with E-state index < -0.39 is 28.5 Å². The van der Waals surface area contributed by atoms with Crippen molar-refractivity contribution in [1.82, 2.24) is 4.31 Å². The standard InChI is InChI=1S/C17H16BrClN2O5S/c1-21(2)27(24,25)13-5-3-4-12(9-13)20-16(22)10-26-17(23)14-8-11(18)6-7-15(14)19/h3-9H,10H2,1-2H3,(H,20,22). The molecule has 2 rings (SSSR count). The molecule has 27 heavy (non-hydrogen) atoms. The van der Waals surface area contributed by atoms with Crippen LogP contribution in [0.15, 0.2) is 51.8 Å². The molecule has 0 aromatic heterocycles. The fourth-order valence-electron chi connectivity index (χ4n) is 2.00. The van der Waals surface area contributed by atoms with Crippen molar-refractivity contribution >= 4 is 55.1 Å². The summed E-state index contributed by atoms with van der Waals surface area (Å²) in [5, 5.41) is 2.68. The van der Waals surface area contributed by atoms with Crippen molar-refractivity contribution in [3.05, 3.63) is 57.5 Å². The van der Waals surface area contributed by atoms with Gasteiger partial charge in [0.25, 0.3) is 5.91 Å². The van der Waals surface area contributed by atoms with E-state index in [0.717, 1.165) is 4.31 Å². The zero-order chi connectivity index (χ0) is 20.2. The van der Waals surface area contributed by atoms with Crippen LogP contribution in [0.2, 0.25) is 5.02 Å². The van der Waals surface area contributed by atoms with E-state index in [9.17, 15) is 18.0 Å². The van der Waals surface area contributed by atoms with Crippen molar-refractivity contribution in [2.24, 2.45) is 0 Å². The number of ether oxygens (including phenoxy) is 1. The predicted molar refractivity (Wildman–Crippen MR) is 105 cm³/mol. The van der Waals surface area contributed by atoms with Gasteiger partial charge in [0.2, 0.25) is 10.0 Å². The fraction of sp³-hybridized carbons (Fsp3) is 0.176. The minimum Gasteiger partial charge on any atom is -0.452 e. The Hall–Kier alpha value is -1.94. The molecule has 0 radical (unpaired) electrons. The molecule has 1 N–H and O–H groups in total. The number of carbonyl (C=O) groups is 2. The average Bonchev–Trinajstić information content (AvgIpc) is 2.61. The third-order valence-corrected chi connectivity index (χ3v) is 6.01. The summed E-state index contributed by atoms with van der Waals surface area (Å²) >= 11 is 9.16. The van der Waals surface area contributed by atoms with Crippen molar-refractivity contribution < 1.29 is 22.7 Å². The maximum atomic E-state index is 12.1. The second kappa shape index (κ2) is 8.83. The van der Waals surface area contributed by atoms with E-state index in [1.54, 1.807) is 6.07 Å². The van der Waals surface area contributed by atoms with Crippen LogP contribution in [0, 0.1) is 0 Å². The molecule has 0 saturated heterocycles. The highest BCUT2D eigenvalue weighted by atomic mass is 79.9. The third-order valence-electron chi connectivity index (χ3n) is 3.38. The fourth-order valence-corrected chi connectivity index (χ4v) is 3.51. The third kappa shape index (κ3) is 5.52. The first-order valence-corrected chi connectivity index (χ1v) is 10.2. The molecule has 2 aromatic carbocycles. The number of hydrogen-bond donors (Lipinski definition) is 1. The van der Waals surface area contributed by atoms with Crippen molar-refractivity contribution in [2.75, 3.05) is 26.0 Å². The molecule has 0 heterocycles. The largest absolute Gasteiger partial charge is 0.452 e. The predicted octanol–water partition coefficient (Wildman–Crippen LogP) is 3.15. The molecule has 0 atom stereocenters. The topological polar surface area (TPSA) is 92.8 Å². The van der Waals surface area contributed by atoms with Crippen molar-refractivity contribution in [2.45, 2.75) is 4.90 Å². The summed E-state index contributed by atoms with van der Waals surface area (Å²) in [6, 6.07) is 10.4. The molecule has 0 bridgehead atoms. The van der Waals surface area contributed by atoms with Gasteiger partial charge in [-0.1, -0.05) is 33.6 Å². The zero-order valence-corrected chi connectivity index (χ0v) is 17.6. The first kappa shape index (κ1) is 21.4. The number of anilines is 1. The lowest BCUT2D eigenvalue weighted by molar-refractivity contribution is -0.119. The second-order valence-electron chi connectivity index (χ2n) is 5.56. The maximum absolute atomic E-state index is 12.1. The summed E-state index contributed by atoms with van der Waals surface area (Å²) in [6.45, 7) is -0.549. The minimum absolute atomic E-state index is 0.0308. The quantitative estimate of drug-likeness (QED) is 0.648. The normalized spacial score (nSPS) is 11.3. The molecular weight excluding hydrogens is 460 g/mol. The van der Waals surface area contributed by atoms with Crippen LogP contribution in [-0.4, -0.2) is 45.3 Å². The van der Waals surface area contributed by atoms with Crippen LogP contribution < -0.4 is 5.32 Å². The highest BCUT2D eigenvalue weighted by Gasteiger charge is 2.18. The van der Waals surface area contributed by atoms with E-state index in [-0.39, 0.29) is 21.2 Å². The van der Waals surface area contributed by atoms with Crippen molar-refractivity contribution in [1.29, 1.82) is 0 Å². The van der Waals surface area contributed by atoms with Crippen LogP contribution in [0.3, 0.4) is 0 Å². The summed E-state index contributed by atoms with van der Waals surface area (Å²) in [5.41, 5.74) is 0.386. The van der Waals surface area contributed by atoms with Gasteiger partial charge in [0.1, 0.15) is 0 Å². The zero-order valence-electron chi connectivity index (χ0n) is 14.4. The van der Waals surface area contributed by atoms with E-state index in [1.807, 2.05) is 0 Å². The van der Waals surface area contributed by atoms with Crippen LogP contribution in [0.1, 0.15) is 10.4 Å². The minimum atomic E-state index is -3.63. The summed E-state index contributed by atoms with van der Waals surface area (Å²) in [7, 11) is -0.809. The molecule has 144 valence electrons. The van der Waals surface area contributed by atoms with Gasteiger partial charge in [0.05, 0.1) is 15.5 Å². The van der Waals surface area contributed by atoms with Gasteiger partial charge in [-0.05, 0) is 36.4 Å². The van der Waals surface area contributed by atoms with Crippen LogP contribution in [0.5, 0.6) is 0 Å². The second-order valence-corrected chi connectivity index (χ2v) is 9.04. The van der Waals surface area contributed by atoms with Gasteiger partial charge in [-0.25, -0.2) is 17.5 Å². The Morgan fingerprint density at radius 2 is 1.89 bits per heavy atom. The van der Waals surface area contributed by atoms with Crippen LogP contribution in [0.25, 0.3) is 0 Å². The molecular formula is C17H16BrClN2O5S. The number of nitrogens with one attached hydrogen (secondary N) is 1. The number of esters is 1. The molecule has 0 saturated carbocycles. The van der Waals surface area contributed by atoms with Gasteiger partial charge >= 0.3 is 5.97 Å². The smallest absolute Gasteiger partial charge is 0.340 e. The summed E-state index contributed by atoms with van der Waals surface area (Å²) in [4.78, 5) is 24.1. The molecule has 10 heteroatoms. The van der Waals surface area contributed by atoms with E-state index in [1.165, 1.54) is 50.5 Å². The Morgan fingerprint density at radius 3 is 2.56 bits per heavy atom. The molecule has 2 aromatic rings. The lowest BCUT2D eigenvalue weighted by atomic mass is 10.2. The highest BCUT2D eigenvalue weighted by Crippen LogP contribution is 2.22.